The molecule has 0 aromatic rings. The van der Waals surface area contributed by atoms with Gasteiger partial charge in [0, 0.05) is 0 Å². The van der Waals surface area contributed by atoms with E-state index in [4.69, 9.17) is 4.74 Å². The lowest BCUT2D eigenvalue weighted by Gasteiger charge is -2.19. The summed E-state index contributed by atoms with van der Waals surface area (Å²) < 4.78 is 5.03. The molecule has 3 atom stereocenters. The first-order valence-electron chi connectivity index (χ1n) is 4.72. The molecule has 5 heteroatoms. The van der Waals surface area contributed by atoms with Crippen LogP contribution in [0.2, 0.25) is 0 Å². The van der Waals surface area contributed by atoms with Crippen LogP contribution < -0.4 is 5.32 Å². The topological polar surface area (TPSA) is 58.6 Å². The number of nitrogens with one attached hydrogen (secondary N) is 1. The lowest BCUT2D eigenvalue weighted by atomic mass is 10.1. The molecule has 0 saturated carbocycles. The van der Waals surface area contributed by atoms with E-state index in [0.29, 0.717) is 13.2 Å². The fourth-order valence-corrected chi connectivity index (χ4v) is 1.38. The maximum Gasteiger partial charge on any atom is 0.234 e. The van der Waals surface area contributed by atoms with Gasteiger partial charge < -0.3 is 15.2 Å². The number of ether oxygens (including phenoxy) is 1. The van der Waals surface area contributed by atoms with Gasteiger partial charge in [0.15, 0.2) is 0 Å². The first kappa shape index (κ1) is 11.9. The first-order valence-corrected chi connectivity index (χ1v) is 5.64. The largest absolute Gasteiger partial charge is 0.388 e. The van der Waals surface area contributed by atoms with Crippen molar-refractivity contribution in [2.75, 3.05) is 13.2 Å². The Labute approximate surface area is 92.1 Å². The number of carbonyl (C=O) groups is 1. The Kier molecular flexibility index (Phi) is 4.34. The predicted molar refractivity (Wildman–Crippen MR) is 56.3 cm³/mol. The molecule has 14 heavy (non-hydrogen) atoms. The van der Waals surface area contributed by atoms with Gasteiger partial charge in [-0.15, -0.1) is 0 Å². The van der Waals surface area contributed by atoms with Crippen molar-refractivity contribution in [1.82, 2.24) is 5.32 Å². The normalized spacial score (nSPS) is 29.2. The van der Waals surface area contributed by atoms with Gasteiger partial charge in [0.05, 0.1) is 30.2 Å². The van der Waals surface area contributed by atoms with E-state index in [1.807, 2.05) is 13.8 Å². The van der Waals surface area contributed by atoms with Crippen LogP contribution in [-0.2, 0) is 9.53 Å². The van der Waals surface area contributed by atoms with Crippen LogP contribution in [0.3, 0.4) is 0 Å². The molecule has 1 aliphatic heterocycles. The molecule has 1 amide bonds. The number of aliphatic hydroxyl groups is 1. The average Bonchev–Trinajstić information content (AvgIpc) is 2.50. The summed E-state index contributed by atoms with van der Waals surface area (Å²) in [6.07, 6.45) is -0.578. The van der Waals surface area contributed by atoms with Gasteiger partial charge in [-0.2, -0.15) is 0 Å². The van der Waals surface area contributed by atoms with Gasteiger partial charge in [0.2, 0.25) is 5.91 Å². The van der Waals surface area contributed by atoms with Crippen molar-refractivity contribution in [3.05, 3.63) is 0 Å². The molecule has 3 unspecified atom stereocenters. The minimum absolute atomic E-state index is 0.0884. The number of aliphatic hydroxyl groups excluding tert-OH is 1. The van der Waals surface area contributed by atoms with E-state index < -0.39 is 6.10 Å². The maximum atomic E-state index is 11.6. The van der Waals surface area contributed by atoms with Crippen LogP contribution in [0.15, 0.2) is 0 Å². The zero-order valence-corrected chi connectivity index (χ0v) is 9.95. The number of alkyl halides is 1. The molecule has 0 radical (unpaired) electrons. The van der Waals surface area contributed by atoms with Crippen molar-refractivity contribution in [3.8, 4) is 0 Å². The van der Waals surface area contributed by atoms with Crippen LogP contribution in [0.4, 0.5) is 0 Å². The van der Waals surface area contributed by atoms with Crippen molar-refractivity contribution in [1.29, 1.82) is 0 Å². The molecule has 0 aliphatic carbocycles. The fourth-order valence-electron chi connectivity index (χ4n) is 1.25. The Balaban J connectivity index is 2.40. The third kappa shape index (κ3) is 2.93. The van der Waals surface area contributed by atoms with Crippen molar-refractivity contribution in [2.24, 2.45) is 5.92 Å². The van der Waals surface area contributed by atoms with Crippen LogP contribution in [0.25, 0.3) is 0 Å². The Morgan fingerprint density at radius 1 is 1.57 bits per heavy atom. The molecule has 4 nitrogen and oxygen atoms in total. The standard InChI is InChI=1S/C9H16BrNO3/c1-5(2)8(10)9(13)11-6-3-14-4-7(6)12/h5-8,12H,3-4H2,1-2H3,(H,11,13). The van der Waals surface area contributed by atoms with E-state index in [-0.39, 0.29) is 22.7 Å². The lowest BCUT2D eigenvalue weighted by Crippen LogP contribution is -2.46. The minimum atomic E-state index is -0.578. The molecule has 0 bridgehead atoms. The van der Waals surface area contributed by atoms with Gasteiger partial charge in [-0.25, -0.2) is 0 Å². The molecular formula is C9H16BrNO3. The second kappa shape index (κ2) is 5.09. The summed E-state index contributed by atoms with van der Waals surface area (Å²) in [6, 6.07) is -0.263. The van der Waals surface area contributed by atoms with Crippen LogP contribution in [0.5, 0.6) is 0 Å². The number of amides is 1. The summed E-state index contributed by atoms with van der Waals surface area (Å²) >= 11 is 3.30. The zero-order valence-electron chi connectivity index (χ0n) is 8.37. The molecule has 1 rings (SSSR count). The molecule has 2 N–H and O–H groups in total. The second-order valence-corrected chi connectivity index (χ2v) is 4.85. The Bertz CT molecular complexity index is 210. The summed E-state index contributed by atoms with van der Waals surface area (Å²) in [5.41, 5.74) is 0. The van der Waals surface area contributed by atoms with Crippen LogP contribution in [-0.4, -0.2) is 41.2 Å². The molecule has 0 spiro atoms. The van der Waals surface area contributed by atoms with E-state index in [0.717, 1.165) is 0 Å². The highest BCUT2D eigenvalue weighted by Crippen LogP contribution is 2.13. The van der Waals surface area contributed by atoms with Crippen LogP contribution in [0, 0.1) is 5.92 Å². The smallest absolute Gasteiger partial charge is 0.234 e. The zero-order chi connectivity index (χ0) is 10.7. The maximum absolute atomic E-state index is 11.6. The summed E-state index contributed by atoms with van der Waals surface area (Å²) in [7, 11) is 0. The van der Waals surface area contributed by atoms with Crippen molar-refractivity contribution >= 4 is 21.8 Å². The first-order chi connectivity index (χ1) is 6.52. The highest BCUT2D eigenvalue weighted by atomic mass is 79.9. The molecule has 0 aromatic carbocycles. The van der Waals surface area contributed by atoms with E-state index in [1.165, 1.54) is 0 Å². The van der Waals surface area contributed by atoms with Crippen molar-refractivity contribution < 1.29 is 14.6 Å². The van der Waals surface area contributed by atoms with Crippen molar-refractivity contribution in [3.63, 3.8) is 0 Å². The molecule has 1 heterocycles. The number of carbonyl (C=O) groups excluding carboxylic acids is 1. The van der Waals surface area contributed by atoms with E-state index in [9.17, 15) is 9.90 Å². The van der Waals surface area contributed by atoms with E-state index >= 15 is 0 Å². The highest BCUT2D eigenvalue weighted by molar-refractivity contribution is 9.10. The Morgan fingerprint density at radius 3 is 2.64 bits per heavy atom. The highest BCUT2D eigenvalue weighted by Gasteiger charge is 2.29. The lowest BCUT2D eigenvalue weighted by molar-refractivity contribution is -0.122. The fraction of sp³-hybridized carbons (Fsp3) is 0.889. The van der Waals surface area contributed by atoms with Crippen LogP contribution in [0.1, 0.15) is 13.8 Å². The predicted octanol–water partition coefficient (Wildman–Crippen LogP) is 0.282. The second-order valence-electron chi connectivity index (χ2n) is 3.87. The number of hydrogen-bond donors (Lipinski definition) is 2. The van der Waals surface area contributed by atoms with E-state index in [2.05, 4.69) is 21.2 Å². The molecular weight excluding hydrogens is 250 g/mol. The van der Waals surface area contributed by atoms with Gasteiger partial charge >= 0.3 is 0 Å². The molecule has 82 valence electrons. The molecule has 0 aromatic heterocycles. The summed E-state index contributed by atoms with van der Waals surface area (Å²) in [6.45, 7) is 4.62. The summed E-state index contributed by atoms with van der Waals surface area (Å²) in [5.74, 6) is 0.143. The third-order valence-corrected chi connectivity index (χ3v) is 3.69. The van der Waals surface area contributed by atoms with Crippen LogP contribution >= 0.6 is 15.9 Å². The van der Waals surface area contributed by atoms with Crippen molar-refractivity contribution in [2.45, 2.75) is 30.8 Å². The monoisotopic (exact) mass is 265 g/mol. The SMILES string of the molecule is CC(C)C(Br)C(=O)NC1COCC1O. The van der Waals surface area contributed by atoms with Gasteiger partial charge in [0.1, 0.15) is 0 Å². The molecule has 1 aliphatic rings. The van der Waals surface area contributed by atoms with Gasteiger partial charge in [0.25, 0.3) is 0 Å². The number of halogens is 1. The number of rotatable bonds is 3. The summed E-state index contributed by atoms with van der Waals surface area (Å²) in [4.78, 5) is 11.3. The van der Waals surface area contributed by atoms with E-state index in [1.54, 1.807) is 0 Å². The molecule has 1 fully saturated rings. The minimum Gasteiger partial charge on any atom is -0.388 e. The Morgan fingerprint density at radius 2 is 2.21 bits per heavy atom. The van der Waals surface area contributed by atoms with Gasteiger partial charge in [-0.1, -0.05) is 29.8 Å². The average molecular weight is 266 g/mol. The van der Waals surface area contributed by atoms with Gasteiger partial charge in [-0.05, 0) is 5.92 Å². The van der Waals surface area contributed by atoms with Gasteiger partial charge in [-0.3, -0.25) is 4.79 Å². The Hall–Kier alpha value is -0.130. The third-order valence-electron chi connectivity index (χ3n) is 2.21. The number of hydrogen-bond acceptors (Lipinski definition) is 3. The molecule has 1 saturated heterocycles. The quantitative estimate of drug-likeness (QED) is 0.721. The summed E-state index contributed by atoms with van der Waals surface area (Å²) in [5, 5.41) is 12.2.